The van der Waals surface area contributed by atoms with Crippen molar-refractivity contribution in [3.63, 3.8) is 0 Å². The molecule has 0 spiro atoms. The summed E-state index contributed by atoms with van der Waals surface area (Å²) in [5.74, 6) is 0.514. The Hall–Kier alpha value is -2.91. The quantitative estimate of drug-likeness (QED) is 0.398. The van der Waals surface area contributed by atoms with Gasteiger partial charge in [0.05, 0.1) is 6.54 Å². The van der Waals surface area contributed by atoms with Gasteiger partial charge in [-0.25, -0.2) is 0 Å². The molecule has 2 heterocycles. The number of amides is 2. The van der Waals surface area contributed by atoms with Crippen molar-refractivity contribution in [1.29, 1.82) is 0 Å². The van der Waals surface area contributed by atoms with E-state index in [-0.39, 0.29) is 11.8 Å². The summed E-state index contributed by atoms with van der Waals surface area (Å²) in [7, 11) is 0. The highest BCUT2D eigenvalue weighted by atomic mass is 32.2. The summed E-state index contributed by atoms with van der Waals surface area (Å²) < 4.78 is 3.69. The lowest BCUT2D eigenvalue weighted by molar-refractivity contribution is -0.134. The number of nitrogens with zero attached hydrogens (tertiary/aromatic N) is 2. The number of rotatable bonds is 7. The molecule has 3 aromatic carbocycles. The maximum absolute atomic E-state index is 13.0. The van der Waals surface area contributed by atoms with Crippen molar-refractivity contribution in [2.75, 3.05) is 51.1 Å². The number of carbonyl (C=O) groups is 2. The predicted molar refractivity (Wildman–Crippen MR) is 156 cm³/mol. The highest BCUT2D eigenvalue weighted by Gasteiger charge is 2.29. The van der Waals surface area contributed by atoms with Crippen LogP contribution in [-0.2, 0) is 4.79 Å². The third-order valence-electron chi connectivity index (χ3n) is 7.67. The molecule has 2 saturated heterocycles. The zero-order valence-corrected chi connectivity index (χ0v) is 23.0. The monoisotopic (exact) mass is 531 g/mol. The summed E-state index contributed by atoms with van der Waals surface area (Å²) in [6.45, 7) is 10.1. The van der Waals surface area contributed by atoms with E-state index in [1.807, 2.05) is 54.3 Å². The Morgan fingerprint density at radius 2 is 1.71 bits per heavy atom. The predicted octanol–water partition coefficient (Wildman–Crippen LogP) is 4.14. The summed E-state index contributed by atoms with van der Waals surface area (Å²) in [5.41, 5.74) is 2.45. The smallest absolute Gasteiger partial charge is 0.255 e. The van der Waals surface area contributed by atoms with E-state index in [1.54, 1.807) is 11.9 Å². The molecule has 7 nitrogen and oxygen atoms in total. The fourth-order valence-corrected chi connectivity index (χ4v) is 6.39. The SMILES string of the molecule is Cc1ccccc1C(=O)Nc1ccc(SNC2CCN(C(=O)CN3CCNCC3)CC2C)c2ccccc12. The fraction of sp³-hybridized carbons (Fsp3) is 0.400. The van der Waals surface area contributed by atoms with Gasteiger partial charge < -0.3 is 15.5 Å². The lowest BCUT2D eigenvalue weighted by Gasteiger charge is -2.38. The van der Waals surface area contributed by atoms with Crippen molar-refractivity contribution in [2.45, 2.75) is 31.2 Å². The number of hydrogen-bond donors (Lipinski definition) is 3. The van der Waals surface area contributed by atoms with E-state index in [2.05, 4.69) is 45.4 Å². The normalized spacial score (nSPS) is 20.4. The largest absolute Gasteiger partial charge is 0.341 e. The van der Waals surface area contributed by atoms with Gasteiger partial charge in [0.25, 0.3) is 5.91 Å². The minimum Gasteiger partial charge on any atom is -0.341 e. The number of piperidine rings is 1. The van der Waals surface area contributed by atoms with E-state index >= 15 is 0 Å². The molecule has 2 fully saturated rings. The second-order valence-corrected chi connectivity index (χ2v) is 11.3. The minimum absolute atomic E-state index is 0.0983. The van der Waals surface area contributed by atoms with Crippen LogP contribution in [0.15, 0.2) is 65.6 Å². The topological polar surface area (TPSA) is 76.7 Å². The average Bonchev–Trinajstić information content (AvgIpc) is 2.94. The van der Waals surface area contributed by atoms with Gasteiger partial charge in [-0.15, -0.1) is 0 Å². The first-order valence-corrected chi connectivity index (χ1v) is 14.3. The molecule has 2 aliphatic rings. The van der Waals surface area contributed by atoms with Crippen LogP contribution >= 0.6 is 11.9 Å². The second kappa shape index (κ2) is 12.3. The Kier molecular flexibility index (Phi) is 8.64. The van der Waals surface area contributed by atoms with Crippen molar-refractivity contribution in [3.8, 4) is 0 Å². The first-order valence-electron chi connectivity index (χ1n) is 13.5. The van der Waals surface area contributed by atoms with Crippen molar-refractivity contribution in [1.82, 2.24) is 19.8 Å². The minimum atomic E-state index is -0.0983. The second-order valence-electron chi connectivity index (χ2n) is 10.4. The van der Waals surface area contributed by atoms with Gasteiger partial charge >= 0.3 is 0 Å². The van der Waals surface area contributed by atoms with E-state index in [4.69, 9.17) is 0 Å². The Balaban J connectivity index is 1.21. The zero-order valence-electron chi connectivity index (χ0n) is 22.2. The first-order chi connectivity index (χ1) is 18.5. The van der Waals surface area contributed by atoms with Crippen molar-refractivity contribution in [3.05, 3.63) is 71.8 Å². The number of fused-ring (bicyclic) bond motifs is 1. The average molecular weight is 532 g/mol. The molecule has 0 aromatic heterocycles. The molecule has 38 heavy (non-hydrogen) atoms. The van der Waals surface area contributed by atoms with Crippen LogP contribution in [0.4, 0.5) is 5.69 Å². The molecular formula is C30H37N5O2S. The maximum atomic E-state index is 13.0. The van der Waals surface area contributed by atoms with Crippen LogP contribution in [0, 0.1) is 12.8 Å². The number of piperazine rings is 1. The summed E-state index contributed by atoms with van der Waals surface area (Å²) in [4.78, 5) is 31.2. The van der Waals surface area contributed by atoms with Crippen molar-refractivity contribution in [2.24, 2.45) is 5.92 Å². The Morgan fingerprint density at radius 1 is 0.974 bits per heavy atom. The van der Waals surface area contributed by atoms with Crippen molar-refractivity contribution >= 4 is 40.2 Å². The van der Waals surface area contributed by atoms with Gasteiger partial charge in [0.1, 0.15) is 0 Å². The maximum Gasteiger partial charge on any atom is 0.255 e. The highest BCUT2D eigenvalue weighted by molar-refractivity contribution is 7.97. The number of aryl methyl sites for hydroxylation is 1. The number of likely N-dealkylation sites (tertiary alicyclic amines) is 1. The van der Waals surface area contributed by atoms with Gasteiger partial charge in [-0.3, -0.25) is 19.2 Å². The Labute approximate surface area is 229 Å². The molecule has 3 N–H and O–H groups in total. The van der Waals surface area contributed by atoms with E-state index < -0.39 is 0 Å². The molecule has 2 unspecified atom stereocenters. The molecular weight excluding hydrogens is 494 g/mol. The molecule has 2 aliphatic heterocycles. The summed E-state index contributed by atoms with van der Waals surface area (Å²) in [6.07, 6.45) is 0.934. The standard InChI is InChI=1S/C30H37N5O2S/c1-21-7-3-4-8-23(21)30(37)32-27-11-12-28(25-10-6-5-9-24(25)27)38-33-26-13-16-35(19-22(26)2)29(36)20-34-17-14-31-15-18-34/h3-12,22,26,31,33H,13-20H2,1-2H3,(H,32,37). The molecule has 0 radical (unpaired) electrons. The lowest BCUT2D eigenvalue weighted by Crippen LogP contribution is -2.53. The van der Waals surface area contributed by atoms with Crippen LogP contribution in [0.2, 0.25) is 0 Å². The van der Waals surface area contributed by atoms with E-state index in [0.29, 0.717) is 24.1 Å². The molecule has 200 valence electrons. The van der Waals surface area contributed by atoms with Gasteiger partial charge in [-0.2, -0.15) is 0 Å². The third-order valence-corrected chi connectivity index (χ3v) is 8.67. The van der Waals surface area contributed by atoms with E-state index in [0.717, 1.165) is 72.6 Å². The highest BCUT2D eigenvalue weighted by Crippen LogP contribution is 2.33. The molecule has 5 rings (SSSR count). The van der Waals surface area contributed by atoms with Gasteiger partial charge in [-0.05, 0) is 60.4 Å². The summed E-state index contributed by atoms with van der Waals surface area (Å²) >= 11 is 1.64. The molecule has 2 atom stereocenters. The number of nitrogens with one attached hydrogen (secondary N) is 3. The summed E-state index contributed by atoms with van der Waals surface area (Å²) in [6, 6.07) is 20.2. The van der Waals surface area contributed by atoms with Crippen LogP contribution in [0.3, 0.4) is 0 Å². The molecule has 8 heteroatoms. The van der Waals surface area contributed by atoms with Crippen molar-refractivity contribution < 1.29 is 9.59 Å². The number of carbonyl (C=O) groups excluding carboxylic acids is 2. The number of benzene rings is 3. The van der Waals surface area contributed by atoms with Crippen LogP contribution in [0.1, 0.15) is 29.3 Å². The third kappa shape index (κ3) is 6.21. The van der Waals surface area contributed by atoms with Crippen LogP contribution in [-0.4, -0.2) is 73.5 Å². The van der Waals surface area contributed by atoms with Gasteiger partial charge in [0, 0.05) is 66.8 Å². The molecule has 0 bridgehead atoms. The Bertz CT molecular complexity index is 1290. The first kappa shape index (κ1) is 26.7. The van der Waals surface area contributed by atoms with E-state index in [1.165, 1.54) is 0 Å². The lowest BCUT2D eigenvalue weighted by atomic mass is 9.95. The summed E-state index contributed by atoms with van der Waals surface area (Å²) in [5, 5.41) is 8.57. The fourth-order valence-electron chi connectivity index (χ4n) is 5.33. The number of hydrogen-bond acceptors (Lipinski definition) is 6. The zero-order chi connectivity index (χ0) is 26.5. The van der Waals surface area contributed by atoms with Gasteiger partial charge in [0.2, 0.25) is 5.91 Å². The van der Waals surface area contributed by atoms with E-state index in [9.17, 15) is 9.59 Å². The Morgan fingerprint density at radius 3 is 2.47 bits per heavy atom. The van der Waals surface area contributed by atoms with Crippen LogP contribution < -0.4 is 15.4 Å². The van der Waals surface area contributed by atoms with Gasteiger partial charge in [-0.1, -0.05) is 49.4 Å². The molecule has 2 amide bonds. The van der Waals surface area contributed by atoms with Crippen LogP contribution in [0.25, 0.3) is 10.8 Å². The molecule has 3 aromatic rings. The molecule has 0 saturated carbocycles. The van der Waals surface area contributed by atoms with Crippen LogP contribution in [0.5, 0.6) is 0 Å². The number of anilines is 1. The van der Waals surface area contributed by atoms with Gasteiger partial charge in [0.15, 0.2) is 0 Å². The molecule has 0 aliphatic carbocycles.